The molecule has 6 heteroatoms. The summed E-state index contributed by atoms with van der Waals surface area (Å²) in [6.45, 7) is 6.80. The number of amides is 2. The molecule has 27 heavy (non-hydrogen) atoms. The Morgan fingerprint density at radius 2 is 1.70 bits per heavy atom. The number of carbonyl (C=O) groups excluding carboxylic acids is 3. The number of benzene rings is 2. The van der Waals surface area contributed by atoms with Gasteiger partial charge in [-0.05, 0) is 56.5 Å². The number of rotatable bonds is 6. The first kappa shape index (κ1) is 20.2. The number of carbonyl (C=O) groups is 3. The lowest BCUT2D eigenvalue weighted by atomic mass is 10.1. The zero-order chi connectivity index (χ0) is 20.0. The summed E-state index contributed by atoms with van der Waals surface area (Å²) in [5.41, 5.74) is 3.91. The van der Waals surface area contributed by atoms with Gasteiger partial charge in [0.1, 0.15) is 6.54 Å². The average molecular weight is 368 g/mol. The normalized spacial score (nSPS) is 11.4. The lowest BCUT2D eigenvalue weighted by Gasteiger charge is -2.15. The van der Waals surface area contributed by atoms with Crippen LogP contribution in [-0.2, 0) is 14.3 Å². The van der Waals surface area contributed by atoms with Gasteiger partial charge >= 0.3 is 5.97 Å². The summed E-state index contributed by atoms with van der Waals surface area (Å²) in [4.78, 5) is 36.3. The second-order valence-electron chi connectivity index (χ2n) is 6.44. The van der Waals surface area contributed by atoms with Crippen LogP contribution >= 0.6 is 0 Å². The average Bonchev–Trinajstić information content (AvgIpc) is 2.63. The van der Waals surface area contributed by atoms with E-state index in [-0.39, 0.29) is 12.5 Å². The van der Waals surface area contributed by atoms with Gasteiger partial charge in [-0.25, -0.2) is 0 Å². The summed E-state index contributed by atoms with van der Waals surface area (Å²) in [5, 5.41) is 5.26. The molecule has 0 aliphatic carbocycles. The van der Waals surface area contributed by atoms with Gasteiger partial charge in [-0.15, -0.1) is 0 Å². The second kappa shape index (κ2) is 8.98. The first-order valence-electron chi connectivity index (χ1n) is 8.69. The van der Waals surface area contributed by atoms with Crippen molar-refractivity contribution in [2.45, 2.75) is 33.8 Å². The first-order chi connectivity index (χ1) is 12.8. The molecule has 2 amide bonds. The van der Waals surface area contributed by atoms with Crippen LogP contribution in [-0.4, -0.2) is 30.4 Å². The molecule has 142 valence electrons. The fourth-order valence-electron chi connectivity index (χ4n) is 2.47. The smallest absolute Gasteiger partial charge is 0.326 e. The van der Waals surface area contributed by atoms with E-state index in [0.29, 0.717) is 11.3 Å². The third kappa shape index (κ3) is 5.67. The van der Waals surface area contributed by atoms with Gasteiger partial charge in [-0.3, -0.25) is 14.4 Å². The highest BCUT2D eigenvalue weighted by Crippen LogP contribution is 2.16. The standard InChI is InChI=1S/C21H24N2O4/c1-13-9-10-15(3)18(11-13)23-20(25)16(4)27-19(24)12-22-21(26)17-8-6-5-7-14(17)2/h5-11,16H,12H2,1-4H3,(H,22,26)(H,23,25). The van der Waals surface area contributed by atoms with Crippen LogP contribution < -0.4 is 10.6 Å². The van der Waals surface area contributed by atoms with Crippen molar-refractivity contribution >= 4 is 23.5 Å². The molecule has 6 nitrogen and oxygen atoms in total. The van der Waals surface area contributed by atoms with Gasteiger partial charge in [0, 0.05) is 11.3 Å². The van der Waals surface area contributed by atoms with Gasteiger partial charge in [-0.1, -0.05) is 30.3 Å². The Labute approximate surface area is 158 Å². The van der Waals surface area contributed by atoms with E-state index in [1.807, 2.05) is 51.1 Å². The van der Waals surface area contributed by atoms with Crippen LogP contribution in [0.1, 0.15) is 34.0 Å². The summed E-state index contributed by atoms with van der Waals surface area (Å²) in [6, 6.07) is 12.8. The van der Waals surface area contributed by atoms with E-state index in [0.717, 1.165) is 16.7 Å². The molecule has 0 saturated heterocycles. The lowest BCUT2D eigenvalue weighted by molar-refractivity contribution is -0.152. The highest BCUT2D eigenvalue weighted by atomic mass is 16.5. The Morgan fingerprint density at radius 3 is 2.41 bits per heavy atom. The van der Waals surface area contributed by atoms with Gasteiger partial charge in [0.25, 0.3) is 11.8 Å². The summed E-state index contributed by atoms with van der Waals surface area (Å²) < 4.78 is 5.11. The van der Waals surface area contributed by atoms with Crippen molar-refractivity contribution in [3.05, 3.63) is 64.7 Å². The Morgan fingerprint density at radius 1 is 1.00 bits per heavy atom. The second-order valence-corrected chi connectivity index (χ2v) is 6.44. The molecule has 2 rings (SSSR count). The number of aryl methyl sites for hydroxylation is 3. The highest BCUT2D eigenvalue weighted by molar-refractivity contribution is 5.98. The van der Waals surface area contributed by atoms with Crippen molar-refractivity contribution in [1.29, 1.82) is 0 Å². The Balaban J connectivity index is 1.86. The molecule has 2 aromatic carbocycles. The van der Waals surface area contributed by atoms with Crippen LogP contribution in [0.4, 0.5) is 5.69 Å². The number of ether oxygens (including phenoxy) is 1. The molecule has 0 aromatic heterocycles. The molecule has 0 heterocycles. The number of hydrogen-bond acceptors (Lipinski definition) is 4. The van der Waals surface area contributed by atoms with E-state index in [4.69, 9.17) is 4.74 Å². The molecule has 2 aromatic rings. The van der Waals surface area contributed by atoms with Gasteiger partial charge in [0.2, 0.25) is 0 Å². The summed E-state index contributed by atoms with van der Waals surface area (Å²) in [7, 11) is 0. The molecule has 0 radical (unpaired) electrons. The monoisotopic (exact) mass is 368 g/mol. The van der Waals surface area contributed by atoms with E-state index in [2.05, 4.69) is 10.6 Å². The zero-order valence-corrected chi connectivity index (χ0v) is 16.0. The number of nitrogens with one attached hydrogen (secondary N) is 2. The summed E-state index contributed by atoms with van der Waals surface area (Å²) >= 11 is 0. The fraction of sp³-hybridized carbons (Fsp3) is 0.286. The van der Waals surface area contributed by atoms with Gasteiger partial charge in [0.05, 0.1) is 0 Å². The highest BCUT2D eigenvalue weighted by Gasteiger charge is 2.19. The Kier molecular flexibility index (Phi) is 6.71. The van der Waals surface area contributed by atoms with Crippen molar-refractivity contribution in [3.8, 4) is 0 Å². The molecule has 2 N–H and O–H groups in total. The van der Waals surface area contributed by atoms with Crippen LogP contribution in [0, 0.1) is 20.8 Å². The molecule has 0 spiro atoms. The van der Waals surface area contributed by atoms with Crippen molar-refractivity contribution in [2.24, 2.45) is 0 Å². The van der Waals surface area contributed by atoms with Gasteiger partial charge in [0.15, 0.2) is 6.10 Å². The van der Waals surface area contributed by atoms with Crippen molar-refractivity contribution in [3.63, 3.8) is 0 Å². The van der Waals surface area contributed by atoms with Crippen LogP contribution in [0.25, 0.3) is 0 Å². The predicted molar refractivity (Wildman–Crippen MR) is 104 cm³/mol. The van der Waals surface area contributed by atoms with Gasteiger partial charge < -0.3 is 15.4 Å². The SMILES string of the molecule is Cc1ccc(C)c(NC(=O)C(C)OC(=O)CNC(=O)c2ccccc2C)c1. The zero-order valence-electron chi connectivity index (χ0n) is 16.0. The molecular weight excluding hydrogens is 344 g/mol. The molecule has 0 aliphatic rings. The summed E-state index contributed by atoms with van der Waals surface area (Å²) in [6.07, 6.45) is -0.979. The van der Waals surface area contributed by atoms with Crippen LogP contribution in [0.15, 0.2) is 42.5 Å². The minimum Gasteiger partial charge on any atom is -0.451 e. The minimum atomic E-state index is -0.979. The fourth-order valence-corrected chi connectivity index (χ4v) is 2.47. The predicted octanol–water partition coefficient (Wildman–Crippen LogP) is 2.91. The molecule has 1 atom stereocenters. The van der Waals surface area contributed by atoms with Crippen molar-refractivity contribution in [1.82, 2.24) is 5.32 Å². The molecule has 1 unspecified atom stereocenters. The maximum atomic E-state index is 12.2. The molecular formula is C21H24N2O4. The molecule has 0 aliphatic heterocycles. The topological polar surface area (TPSA) is 84.5 Å². The third-order valence-corrected chi connectivity index (χ3v) is 4.11. The molecule has 0 bridgehead atoms. The van der Waals surface area contributed by atoms with Crippen LogP contribution in [0.2, 0.25) is 0 Å². The number of esters is 1. The van der Waals surface area contributed by atoms with Gasteiger partial charge in [-0.2, -0.15) is 0 Å². The van der Waals surface area contributed by atoms with Crippen molar-refractivity contribution < 1.29 is 19.1 Å². The van der Waals surface area contributed by atoms with Crippen molar-refractivity contribution in [2.75, 3.05) is 11.9 Å². The van der Waals surface area contributed by atoms with E-state index in [1.54, 1.807) is 12.1 Å². The minimum absolute atomic E-state index is 0.311. The largest absolute Gasteiger partial charge is 0.451 e. The quantitative estimate of drug-likeness (QED) is 0.768. The molecule has 0 fully saturated rings. The lowest BCUT2D eigenvalue weighted by Crippen LogP contribution is -2.36. The maximum absolute atomic E-state index is 12.2. The van der Waals surface area contributed by atoms with E-state index >= 15 is 0 Å². The Hall–Kier alpha value is -3.15. The van der Waals surface area contributed by atoms with E-state index in [1.165, 1.54) is 6.92 Å². The van der Waals surface area contributed by atoms with E-state index < -0.39 is 18.0 Å². The Bertz CT molecular complexity index is 861. The molecule has 0 saturated carbocycles. The third-order valence-electron chi connectivity index (χ3n) is 4.11. The summed E-state index contributed by atoms with van der Waals surface area (Å²) in [5.74, 6) is -1.47. The van der Waals surface area contributed by atoms with E-state index in [9.17, 15) is 14.4 Å². The first-order valence-corrected chi connectivity index (χ1v) is 8.69. The number of hydrogen-bond donors (Lipinski definition) is 2. The van der Waals surface area contributed by atoms with Crippen LogP contribution in [0.3, 0.4) is 0 Å². The maximum Gasteiger partial charge on any atom is 0.326 e. The number of anilines is 1. The van der Waals surface area contributed by atoms with Crippen LogP contribution in [0.5, 0.6) is 0 Å².